The van der Waals surface area contributed by atoms with E-state index in [1.165, 1.54) is 13.8 Å². The molecule has 4 saturated carbocycles. The van der Waals surface area contributed by atoms with Crippen molar-refractivity contribution in [2.75, 3.05) is 13.1 Å². The molecule has 3 heterocycles. The summed E-state index contributed by atoms with van der Waals surface area (Å²) < 4.78 is 30.3. The van der Waals surface area contributed by atoms with E-state index in [9.17, 15) is 44.7 Å². The van der Waals surface area contributed by atoms with Crippen molar-refractivity contribution >= 4 is 23.9 Å². The number of nitrogens with zero attached hydrogens (tertiary/aromatic N) is 1. The number of esters is 4. The fourth-order valence-corrected chi connectivity index (χ4v) is 13.1. The van der Waals surface area contributed by atoms with Crippen LogP contribution in [0.2, 0.25) is 0 Å². The number of piperidine rings is 2. The van der Waals surface area contributed by atoms with Crippen LogP contribution in [0.25, 0.3) is 0 Å². The van der Waals surface area contributed by atoms with Gasteiger partial charge < -0.3 is 49.2 Å². The normalized spacial score (nSPS) is 49.8. The minimum absolute atomic E-state index is 0.0258. The van der Waals surface area contributed by atoms with Crippen LogP contribution in [0.5, 0.6) is 0 Å². The standard InChI is InChI=1S/C41H63NO14/c1-10-20(3)34(46)55-33-31(45)30-24(18-42-17-19(2)11-12-28(42)38(30,9)49)25-16-39-32(40(25,33)50)26(53-23(6)44)15-27-36(39,7)14-13-29(41(27,51)56-39)54-35(47)37(8,48)21(4)52-22(5)43/h19-21,24-33,45,48-51H,10-18H2,1-9H3/t19-,20-,21-,24+,25-,26+,27-,28-,29+,30+,31+,32-,33-,36+,37+,38+,39+,40-,41-/m0/s1. The molecule has 3 saturated heterocycles. The van der Waals surface area contributed by atoms with Gasteiger partial charge in [-0.3, -0.25) is 19.3 Å². The molecule has 5 N–H and O–H groups in total. The summed E-state index contributed by atoms with van der Waals surface area (Å²) in [6.07, 6.45) is -4.21. The molecule has 4 bridgehead atoms. The van der Waals surface area contributed by atoms with Crippen LogP contribution in [0, 0.1) is 46.8 Å². The van der Waals surface area contributed by atoms with E-state index >= 15 is 0 Å². The minimum atomic E-state index is -2.28. The average Bonchev–Trinajstić information content (AvgIpc) is 3.37. The summed E-state index contributed by atoms with van der Waals surface area (Å²) in [5.41, 5.74) is -8.17. The number of ether oxygens (including phenoxy) is 5. The molecule has 0 aromatic carbocycles. The molecule has 316 valence electrons. The summed E-state index contributed by atoms with van der Waals surface area (Å²) in [4.78, 5) is 54.2. The van der Waals surface area contributed by atoms with Gasteiger partial charge in [-0.25, -0.2) is 4.79 Å². The van der Waals surface area contributed by atoms with E-state index in [2.05, 4.69) is 11.8 Å². The number of fused-ring (bicyclic) bond motifs is 5. The number of rotatable bonds is 8. The lowest BCUT2D eigenvalue weighted by Crippen LogP contribution is -2.77. The van der Waals surface area contributed by atoms with Gasteiger partial charge in [-0.15, -0.1) is 0 Å². The van der Waals surface area contributed by atoms with Crippen LogP contribution in [0.3, 0.4) is 0 Å². The fourth-order valence-electron chi connectivity index (χ4n) is 13.1. The average molecular weight is 794 g/mol. The molecule has 0 amide bonds. The van der Waals surface area contributed by atoms with Crippen LogP contribution < -0.4 is 0 Å². The summed E-state index contributed by atoms with van der Waals surface area (Å²) in [6.45, 7) is 15.4. The molecule has 1 spiro atoms. The molecule has 7 rings (SSSR count). The monoisotopic (exact) mass is 793 g/mol. The number of hydrogen-bond donors (Lipinski definition) is 5. The molecule has 15 heteroatoms. The van der Waals surface area contributed by atoms with Gasteiger partial charge >= 0.3 is 23.9 Å². The number of carbonyl (C=O) groups is 4. The number of aliphatic hydroxyl groups is 5. The molecule has 0 aromatic heterocycles. The highest BCUT2D eigenvalue weighted by Gasteiger charge is 2.88. The van der Waals surface area contributed by atoms with Gasteiger partial charge in [0.15, 0.2) is 17.8 Å². The van der Waals surface area contributed by atoms with Crippen molar-refractivity contribution in [3.05, 3.63) is 0 Å². The van der Waals surface area contributed by atoms with Crippen molar-refractivity contribution in [2.45, 2.75) is 172 Å². The number of hydrogen-bond acceptors (Lipinski definition) is 15. The fraction of sp³-hybridized carbons (Fsp3) is 0.902. The highest BCUT2D eigenvalue weighted by atomic mass is 16.7. The molecule has 19 atom stereocenters. The van der Waals surface area contributed by atoms with Crippen LogP contribution >= 0.6 is 0 Å². The van der Waals surface area contributed by atoms with Crippen LogP contribution in [-0.4, -0.2) is 132 Å². The van der Waals surface area contributed by atoms with Crippen molar-refractivity contribution in [2.24, 2.45) is 46.8 Å². The molecule has 0 aromatic rings. The molecule has 7 fully saturated rings. The second kappa shape index (κ2) is 13.6. The first-order chi connectivity index (χ1) is 25.9. The molecule has 3 aliphatic heterocycles. The zero-order valence-corrected chi connectivity index (χ0v) is 34.2. The first-order valence-electron chi connectivity index (χ1n) is 20.7. The summed E-state index contributed by atoms with van der Waals surface area (Å²) in [5, 5.41) is 62.8. The van der Waals surface area contributed by atoms with E-state index < -0.39 is 124 Å². The molecule has 7 aliphatic rings. The Bertz CT molecular complexity index is 1620. The Labute approximate surface area is 328 Å². The van der Waals surface area contributed by atoms with Crippen LogP contribution in [0.15, 0.2) is 0 Å². The lowest BCUT2D eigenvalue weighted by molar-refractivity contribution is -0.301. The van der Waals surface area contributed by atoms with Crippen molar-refractivity contribution < 1.29 is 68.4 Å². The van der Waals surface area contributed by atoms with Crippen molar-refractivity contribution in [3.8, 4) is 0 Å². The van der Waals surface area contributed by atoms with E-state index in [1.54, 1.807) is 13.8 Å². The van der Waals surface area contributed by atoms with E-state index in [1.807, 2.05) is 13.8 Å². The third-order valence-electron chi connectivity index (χ3n) is 16.1. The van der Waals surface area contributed by atoms with E-state index in [4.69, 9.17) is 23.7 Å². The Morgan fingerprint density at radius 2 is 1.66 bits per heavy atom. The third kappa shape index (κ3) is 5.67. The van der Waals surface area contributed by atoms with Gasteiger partial charge in [-0.05, 0) is 83.5 Å². The quantitative estimate of drug-likeness (QED) is 0.174. The van der Waals surface area contributed by atoms with Gasteiger partial charge in [-0.2, -0.15) is 0 Å². The van der Waals surface area contributed by atoms with Gasteiger partial charge in [0.1, 0.15) is 17.8 Å². The molecule has 15 nitrogen and oxygen atoms in total. The highest BCUT2D eigenvalue weighted by molar-refractivity contribution is 5.80. The summed E-state index contributed by atoms with van der Waals surface area (Å²) in [6, 6.07) is -0.275. The van der Waals surface area contributed by atoms with Crippen LogP contribution in [-0.2, 0) is 42.9 Å². The highest BCUT2D eigenvalue weighted by Crippen LogP contribution is 2.77. The predicted octanol–water partition coefficient (Wildman–Crippen LogP) is 1.61. The lowest BCUT2D eigenvalue weighted by Gasteiger charge is -2.64. The summed E-state index contributed by atoms with van der Waals surface area (Å²) in [7, 11) is 0. The van der Waals surface area contributed by atoms with Crippen molar-refractivity contribution in [3.63, 3.8) is 0 Å². The first-order valence-corrected chi connectivity index (χ1v) is 20.7. The topological polar surface area (TPSA) is 219 Å². The maximum atomic E-state index is 13.7. The summed E-state index contributed by atoms with van der Waals surface area (Å²) >= 11 is 0. The Balaban J connectivity index is 1.35. The van der Waals surface area contributed by atoms with E-state index in [-0.39, 0.29) is 25.3 Å². The van der Waals surface area contributed by atoms with Crippen molar-refractivity contribution in [1.82, 2.24) is 4.90 Å². The maximum absolute atomic E-state index is 13.7. The Morgan fingerprint density at radius 1 is 0.982 bits per heavy atom. The Morgan fingerprint density at radius 3 is 2.29 bits per heavy atom. The minimum Gasteiger partial charge on any atom is -0.462 e. The number of carbonyl (C=O) groups excluding carboxylic acids is 4. The van der Waals surface area contributed by atoms with E-state index in [0.29, 0.717) is 38.3 Å². The SMILES string of the molecule is CC[C@H](C)C(=O)O[C@H]1[C@H](O)[C@H]2[C@H](CN3C[C@@H](C)CC[C@H]3[C@@]2(C)O)[C@@H]2C[C@@]34O[C@@]5(O)[C@@H](C[C@@H](OC(C)=O)[C@@H]3[C@@]21O)[C@@]4(C)CC[C@H]5OC(=O)[C@](C)(O)[C@H](C)OC(C)=O. The lowest BCUT2D eigenvalue weighted by atomic mass is 9.49. The van der Waals surface area contributed by atoms with E-state index in [0.717, 1.165) is 20.3 Å². The Hall–Kier alpha value is -2.40. The van der Waals surface area contributed by atoms with Gasteiger partial charge in [0, 0.05) is 50.2 Å². The second-order valence-corrected chi connectivity index (χ2v) is 19.3. The van der Waals surface area contributed by atoms with Gasteiger partial charge in [0.25, 0.3) is 0 Å². The zero-order valence-electron chi connectivity index (χ0n) is 34.2. The zero-order chi connectivity index (χ0) is 41.3. The van der Waals surface area contributed by atoms with Gasteiger partial charge in [0.2, 0.25) is 5.79 Å². The van der Waals surface area contributed by atoms with Gasteiger partial charge in [0.05, 0.1) is 29.1 Å². The molecule has 56 heavy (non-hydrogen) atoms. The molecule has 0 radical (unpaired) electrons. The molecular weight excluding hydrogens is 730 g/mol. The first kappa shape index (κ1) is 41.7. The maximum Gasteiger partial charge on any atom is 0.342 e. The largest absolute Gasteiger partial charge is 0.462 e. The third-order valence-corrected chi connectivity index (χ3v) is 16.1. The smallest absolute Gasteiger partial charge is 0.342 e. The van der Waals surface area contributed by atoms with Gasteiger partial charge in [-0.1, -0.05) is 27.7 Å². The van der Waals surface area contributed by atoms with Crippen LogP contribution in [0.4, 0.5) is 0 Å². The summed E-state index contributed by atoms with van der Waals surface area (Å²) in [5.74, 6) is -9.57. The van der Waals surface area contributed by atoms with Crippen LogP contribution in [0.1, 0.15) is 107 Å². The molecule has 0 unspecified atom stereocenters. The number of aliphatic hydroxyl groups excluding tert-OH is 1. The predicted molar refractivity (Wildman–Crippen MR) is 195 cm³/mol. The van der Waals surface area contributed by atoms with Crippen molar-refractivity contribution in [1.29, 1.82) is 0 Å². The molecular formula is C41H63NO14. The molecule has 4 aliphatic carbocycles. The Kier molecular flexibility index (Phi) is 10.1. The second-order valence-electron chi connectivity index (χ2n) is 19.3.